The van der Waals surface area contributed by atoms with Gasteiger partial charge in [0.1, 0.15) is 11.9 Å². The number of hydrogen-bond acceptors (Lipinski definition) is 7. The van der Waals surface area contributed by atoms with Crippen molar-refractivity contribution in [2.75, 3.05) is 27.4 Å². The predicted octanol–water partition coefficient (Wildman–Crippen LogP) is -0.637. The predicted molar refractivity (Wildman–Crippen MR) is 68.9 cm³/mol. The SMILES string of the molecule is C=C1COCC(O)/C(=N/C(C(=O)OC)=C(/O)C=O)N1C. The number of esters is 1. The number of aliphatic hydroxyl groups excluding tert-OH is 2. The van der Waals surface area contributed by atoms with Gasteiger partial charge in [-0.15, -0.1) is 0 Å². The van der Waals surface area contributed by atoms with Crippen molar-refractivity contribution in [3.05, 3.63) is 23.7 Å². The molecule has 1 aliphatic heterocycles. The second-order valence-corrected chi connectivity index (χ2v) is 3.97. The molecule has 0 radical (unpaired) electrons. The van der Waals surface area contributed by atoms with Crippen molar-refractivity contribution in [2.24, 2.45) is 4.99 Å². The van der Waals surface area contributed by atoms with Crippen LogP contribution in [0.15, 0.2) is 28.7 Å². The van der Waals surface area contributed by atoms with Gasteiger partial charge in [0.25, 0.3) is 0 Å². The van der Waals surface area contributed by atoms with E-state index in [1.807, 2.05) is 0 Å². The molecule has 2 N–H and O–H groups in total. The molecule has 1 unspecified atom stereocenters. The molecule has 0 bridgehead atoms. The first-order valence-electron chi connectivity index (χ1n) is 5.65. The molecule has 110 valence electrons. The van der Waals surface area contributed by atoms with Gasteiger partial charge in [-0.25, -0.2) is 9.79 Å². The maximum atomic E-state index is 11.5. The molecule has 20 heavy (non-hydrogen) atoms. The average Bonchev–Trinajstić information content (AvgIpc) is 2.56. The number of aliphatic imine (C=N–C) groups is 1. The van der Waals surface area contributed by atoms with Gasteiger partial charge in [0.05, 0.1) is 20.3 Å². The maximum Gasteiger partial charge on any atom is 0.360 e. The van der Waals surface area contributed by atoms with Gasteiger partial charge in [0.15, 0.2) is 17.7 Å². The smallest absolute Gasteiger partial charge is 0.360 e. The van der Waals surface area contributed by atoms with Crippen LogP contribution in [-0.4, -0.2) is 66.7 Å². The van der Waals surface area contributed by atoms with Gasteiger partial charge >= 0.3 is 5.97 Å². The van der Waals surface area contributed by atoms with Crippen molar-refractivity contribution in [1.82, 2.24) is 4.90 Å². The third-order valence-electron chi connectivity index (χ3n) is 2.62. The van der Waals surface area contributed by atoms with E-state index in [2.05, 4.69) is 16.3 Å². The van der Waals surface area contributed by atoms with E-state index >= 15 is 0 Å². The van der Waals surface area contributed by atoms with Crippen molar-refractivity contribution in [1.29, 1.82) is 0 Å². The molecule has 0 saturated carbocycles. The zero-order valence-corrected chi connectivity index (χ0v) is 11.2. The Hall–Kier alpha value is -2.19. The van der Waals surface area contributed by atoms with Gasteiger partial charge in [0, 0.05) is 12.7 Å². The summed E-state index contributed by atoms with van der Waals surface area (Å²) in [7, 11) is 2.64. The lowest BCUT2D eigenvalue weighted by atomic mass is 10.3. The Morgan fingerprint density at radius 2 is 2.30 bits per heavy atom. The molecular formula is C12H16N2O6. The molecule has 0 aliphatic carbocycles. The standard InChI is InChI=1S/C12H16N2O6/c1-7-5-20-6-9(17)11(14(7)2)13-10(8(16)4-15)12(18)19-3/h4,9,16-17H,1,5-6H2,2-3H3/b10-8+,13-11-. The number of ether oxygens (including phenoxy) is 2. The van der Waals surface area contributed by atoms with E-state index in [1.165, 1.54) is 4.90 Å². The monoisotopic (exact) mass is 284 g/mol. The Labute approximate surface area is 115 Å². The Bertz CT molecular complexity index is 482. The highest BCUT2D eigenvalue weighted by Crippen LogP contribution is 2.14. The van der Waals surface area contributed by atoms with Gasteiger partial charge in [-0.1, -0.05) is 6.58 Å². The second-order valence-electron chi connectivity index (χ2n) is 3.97. The van der Waals surface area contributed by atoms with E-state index in [0.29, 0.717) is 5.70 Å². The molecule has 8 nitrogen and oxygen atoms in total. The van der Waals surface area contributed by atoms with Crippen LogP contribution >= 0.6 is 0 Å². The summed E-state index contributed by atoms with van der Waals surface area (Å²) in [5, 5.41) is 19.3. The number of carbonyl (C=O) groups is 2. The van der Waals surface area contributed by atoms with Gasteiger partial charge in [-0.05, 0) is 0 Å². The van der Waals surface area contributed by atoms with E-state index in [0.717, 1.165) is 7.11 Å². The zero-order valence-electron chi connectivity index (χ0n) is 11.2. The lowest BCUT2D eigenvalue weighted by Gasteiger charge is -2.22. The zero-order chi connectivity index (χ0) is 15.3. The Kier molecular flexibility index (Phi) is 5.42. The minimum atomic E-state index is -1.14. The van der Waals surface area contributed by atoms with Crippen LogP contribution in [0.2, 0.25) is 0 Å². The first-order chi connectivity index (χ1) is 9.42. The number of aldehydes is 1. The molecule has 0 spiro atoms. The van der Waals surface area contributed by atoms with E-state index in [1.54, 1.807) is 7.05 Å². The van der Waals surface area contributed by atoms with E-state index in [9.17, 15) is 19.8 Å². The van der Waals surface area contributed by atoms with E-state index in [4.69, 9.17) is 4.74 Å². The lowest BCUT2D eigenvalue weighted by molar-refractivity contribution is -0.136. The molecule has 0 aromatic heterocycles. The van der Waals surface area contributed by atoms with Crippen molar-refractivity contribution in [2.45, 2.75) is 6.10 Å². The first-order valence-corrected chi connectivity index (χ1v) is 5.65. The number of rotatable bonds is 3. The van der Waals surface area contributed by atoms with Crippen LogP contribution in [0.5, 0.6) is 0 Å². The second kappa shape index (κ2) is 6.83. The van der Waals surface area contributed by atoms with Crippen molar-refractivity contribution in [3.8, 4) is 0 Å². The fourth-order valence-electron chi connectivity index (χ4n) is 1.47. The largest absolute Gasteiger partial charge is 0.503 e. The van der Waals surface area contributed by atoms with Crippen LogP contribution in [0.4, 0.5) is 0 Å². The fourth-order valence-corrected chi connectivity index (χ4v) is 1.47. The summed E-state index contributed by atoms with van der Waals surface area (Å²) >= 11 is 0. The highest BCUT2D eigenvalue weighted by molar-refractivity contribution is 5.98. The van der Waals surface area contributed by atoms with Crippen molar-refractivity contribution < 1.29 is 29.3 Å². The minimum Gasteiger partial charge on any atom is -0.503 e. The lowest BCUT2D eigenvalue weighted by Crippen LogP contribution is -2.36. The third kappa shape index (κ3) is 3.43. The molecule has 1 fully saturated rings. The molecule has 8 heteroatoms. The number of amidine groups is 1. The quantitative estimate of drug-likeness (QED) is 0.307. The topological polar surface area (TPSA) is 109 Å². The fraction of sp³-hybridized carbons (Fsp3) is 0.417. The molecular weight excluding hydrogens is 268 g/mol. The number of allylic oxidation sites excluding steroid dienone is 1. The Morgan fingerprint density at radius 3 is 2.85 bits per heavy atom. The van der Waals surface area contributed by atoms with Crippen LogP contribution in [0.25, 0.3) is 0 Å². The van der Waals surface area contributed by atoms with Crippen LogP contribution in [0.1, 0.15) is 0 Å². The number of likely N-dealkylation sites (N-methyl/N-ethyl adjacent to an activating group) is 1. The summed E-state index contributed by atoms with van der Waals surface area (Å²) in [5.41, 5.74) is -0.104. The van der Waals surface area contributed by atoms with Crippen LogP contribution in [-0.2, 0) is 19.1 Å². The Morgan fingerprint density at radius 1 is 1.65 bits per heavy atom. The van der Waals surface area contributed by atoms with Crippen LogP contribution in [0, 0.1) is 0 Å². The van der Waals surface area contributed by atoms with E-state index < -0.39 is 23.5 Å². The Balaban J connectivity index is 3.29. The number of carbonyl (C=O) groups excluding carboxylic acids is 2. The minimum absolute atomic E-state index is 0.0151. The van der Waals surface area contributed by atoms with Gasteiger partial charge < -0.3 is 24.6 Å². The van der Waals surface area contributed by atoms with Crippen molar-refractivity contribution in [3.63, 3.8) is 0 Å². The van der Waals surface area contributed by atoms with Gasteiger partial charge in [-0.3, -0.25) is 4.79 Å². The number of aliphatic hydroxyl groups is 2. The summed E-state index contributed by atoms with van der Waals surface area (Å²) in [5.74, 6) is -1.87. The van der Waals surface area contributed by atoms with Crippen molar-refractivity contribution >= 4 is 18.1 Å². The summed E-state index contributed by atoms with van der Waals surface area (Å²) in [6.07, 6.45) is -1.08. The van der Waals surface area contributed by atoms with Gasteiger partial charge in [0.2, 0.25) is 0 Å². The summed E-state index contributed by atoms with van der Waals surface area (Å²) in [4.78, 5) is 27.3. The maximum absolute atomic E-state index is 11.5. The van der Waals surface area contributed by atoms with E-state index in [-0.39, 0.29) is 25.3 Å². The molecule has 0 aromatic rings. The molecule has 0 aromatic carbocycles. The van der Waals surface area contributed by atoms with Crippen LogP contribution < -0.4 is 0 Å². The normalized spacial score (nSPS) is 23.1. The molecule has 0 amide bonds. The average molecular weight is 284 g/mol. The molecule has 1 saturated heterocycles. The number of hydrogen-bond donors (Lipinski definition) is 2. The molecule has 1 aliphatic rings. The molecule has 1 rings (SSSR count). The summed E-state index contributed by atoms with van der Waals surface area (Å²) in [6, 6.07) is 0. The number of methoxy groups -OCH3 is 1. The molecule has 1 heterocycles. The molecule has 1 atom stereocenters. The van der Waals surface area contributed by atoms with Gasteiger partial charge in [-0.2, -0.15) is 0 Å². The highest BCUT2D eigenvalue weighted by atomic mass is 16.5. The van der Waals surface area contributed by atoms with Crippen LogP contribution in [0.3, 0.4) is 0 Å². The summed E-state index contributed by atoms with van der Waals surface area (Å²) in [6.45, 7) is 3.85. The third-order valence-corrected chi connectivity index (χ3v) is 2.62. The summed E-state index contributed by atoms with van der Waals surface area (Å²) < 4.78 is 9.57. The highest BCUT2D eigenvalue weighted by Gasteiger charge is 2.26. The first kappa shape index (κ1) is 15.9. The number of nitrogens with zero attached hydrogens (tertiary/aromatic N) is 2.